The Morgan fingerprint density at radius 1 is 1.07 bits per heavy atom. The summed E-state index contributed by atoms with van der Waals surface area (Å²) < 4.78 is 0. The molecule has 0 bridgehead atoms. The molecule has 0 aliphatic heterocycles. The monoisotopic (exact) mass is 448 g/mol. The highest BCUT2D eigenvalue weighted by Crippen LogP contribution is 2.47. The topological polar surface area (TPSA) is 74.6 Å². The van der Waals surface area contributed by atoms with Gasteiger partial charge in [0, 0.05) is 25.4 Å². The third-order valence-corrected chi connectivity index (χ3v) is 6.34. The maximum atomic E-state index is 12.2. The second kappa shape index (κ2) is 8.66. The van der Waals surface area contributed by atoms with E-state index in [9.17, 15) is 19.8 Å². The Labute approximate surface area is 182 Å². The van der Waals surface area contributed by atoms with Crippen LogP contribution in [0.15, 0.2) is 75.6 Å². The minimum atomic E-state index is -1.34. The van der Waals surface area contributed by atoms with Crippen molar-refractivity contribution in [2.75, 3.05) is 0 Å². The molecule has 1 aliphatic rings. The summed E-state index contributed by atoms with van der Waals surface area (Å²) >= 11 is 13.5. The van der Waals surface area contributed by atoms with E-state index in [-0.39, 0.29) is 12.0 Å². The number of carboxylic acids is 2. The summed E-state index contributed by atoms with van der Waals surface area (Å²) in [5, 5.41) is 20.5. The Kier molecular flexibility index (Phi) is 6.42. The first kappa shape index (κ1) is 21.5. The summed E-state index contributed by atoms with van der Waals surface area (Å²) in [6, 6.07) is 14.5. The van der Waals surface area contributed by atoms with Gasteiger partial charge in [0.1, 0.15) is 0 Å². The maximum absolute atomic E-state index is 12.2. The van der Waals surface area contributed by atoms with Crippen molar-refractivity contribution < 1.29 is 19.8 Å². The molecule has 7 heteroatoms. The Bertz CT molecular complexity index is 1010. The number of carboxylic acid groups (broad SMARTS) is 2. The van der Waals surface area contributed by atoms with Crippen LogP contribution < -0.4 is 0 Å². The summed E-state index contributed by atoms with van der Waals surface area (Å²) in [5.41, 5.74) is 0.317. The molecule has 0 fully saturated rings. The van der Waals surface area contributed by atoms with Crippen LogP contribution in [0.5, 0.6) is 0 Å². The number of benzene rings is 2. The highest BCUT2D eigenvalue weighted by molar-refractivity contribution is 8.03. The molecule has 2 N–H and O–H groups in total. The zero-order valence-corrected chi connectivity index (χ0v) is 17.8. The fraction of sp³-hybridized carbons (Fsp3) is 0.182. The van der Waals surface area contributed by atoms with Crippen LogP contribution in [0.3, 0.4) is 0 Å². The van der Waals surface area contributed by atoms with Crippen molar-refractivity contribution in [2.45, 2.75) is 24.7 Å². The maximum Gasteiger partial charge on any atom is 0.331 e. The molecule has 0 amide bonds. The molecule has 3 rings (SSSR count). The molecule has 150 valence electrons. The van der Waals surface area contributed by atoms with Crippen molar-refractivity contribution >= 4 is 46.9 Å². The van der Waals surface area contributed by atoms with Gasteiger partial charge in [0.15, 0.2) is 0 Å². The molecule has 0 radical (unpaired) electrons. The molecule has 2 aromatic rings. The first-order valence-electron chi connectivity index (χ1n) is 8.78. The van der Waals surface area contributed by atoms with Gasteiger partial charge in [0.05, 0.1) is 5.41 Å². The van der Waals surface area contributed by atoms with Gasteiger partial charge in [-0.15, -0.1) is 0 Å². The van der Waals surface area contributed by atoms with E-state index in [0.29, 0.717) is 31.8 Å². The Hall–Kier alpha value is -2.21. The van der Waals surface area contributed by atoms with E-state index in [0.717, 1.165) is 5.56 Å². The fourth-order valence-electron chi connectivity index (χ4n) is 3.29. The van der Waals surface area contributed by atoms with Gasteiger partial charge in [-0.2, -0.15) is 0 Å². The van der Waals surface area contributed by atoms with Gasteiger partial charge in [0.2, 0.25) is 0 Å². The van der Waals surface area contributed by atoms with Gasteiger partial charge >= 0.3 is 11.9 Å². The Balaban J connectivity index is 2.17. The average molecular weight is 449 g/mol. The zero-order valence-electron chi connectivity index (χ0n) is 15.5. The molecule has 0 saturated heterocycles. The third-order valence-electron chi connectivity index (χ3n) is 4.85. The van der Waals surface area contributed by atoms with E-state index in [4.69, 9.17) is 23.2 Å². The van der Waals surface area contributed by atoms with Crippen molar-refractivity contribution in [3.8, 4) is 0 Å². The number of rotatable bonds is 6. The number of allylic oxidation sites excluding steroid dienone is 1. The summed E-state index contributed by atoms with van der Waals surface area (Å²) in [4.78, 5) is 25.2. The smallest absolute Gasteiger partial charge is 0.331 e. The summed E-state index contributed by atoms with van der Waals surface area (Å²) in [6.07, 6.45) is 1.87. The molecule has 0 aromatic heterocycles. The predicted octanol–water partition coefficient (Wildman–Crippen LogP) is 6.09. The standard InChI is InChI=1S/C22H18Cl2O4S/c1-22(21(27)28)12-14(20(25)26)8-19(18(22)7-13-5-3-2-4-6-13)29-17-10-15(23)9-16(24)11-17/h2-6,8-11H,7,12H2,1H3,(H,25,26)(H,27,28). The van der Waals surface area contributed by atoms with Crippen LogP contribution in [0.1, 0.15) is 18.9 Å². The van der Waals surface area contributed by atoms with E-state index in [1.165, 1.54) is 11.8 Å². The van der Waals surface area contributed by atoms with Crippen LogP contribution >= 0.6 is 35.0 Å². The molecule has 1 atom stereocenters. The van der Waals surface area contributed by atoms with Crippen LogP contribution in [0, 0.1) is 5.41 Å². The lowest BCUT2D eigenvalue weighted by Gasteiger charge is -2.33. The summed E-state index contributed by atoms with van der Waals surface area (Å²) in [7, 11) is 0. The highest BCUT2D eigenvalue weighted by Gasteiger charge is 2.43. The first-order chi connectivity index (χ1) is 13.7. The lowest BCUT2D eigenvalue weighted by atomic mass is 9.71. The number of hydrogen-bond acceptors (Lipinski definition) is 3. The molecule has 1 unspecified atom stereocenters. The van der Waals surface area contributed by atoms with Crippen LogP contribution in [-0.4, -0.2) is 22.2 Å². The van der Waals surface area contributed by atoms with E-state index >= 15 is 0 Å². The largest absolute Gasteiger partial charge is 0.481 e. The van der Waals surface area contributed by atoms with Gasteiger partial charge in [-0.3, -0.25) is 4.79 Å². The van der Waals surface area contributed by atoms with Crippen molar-refractivity contribution in [3.63, 3.8) is 0 Å². The normalized spacial score (nSPS) is 19.1. The number of halogens is 2. The van der Waals surface area contributed by atoms with Gasteiger partial charge in [-0.25, -0.2) is 4.79 Å². The Morgan fingerprint density at radius 3 is 2.24 bits per heavy atom. The van der Waals surface area contributed by atoms with Crippen LogP contribution in [0.4, 0.5) is 0 Å². The highest BCUT2D eigenvalue weighted by atomic mass is 35.5. The second-order valence-corrected chi connectivity index (χ2v) is 8.99. The molecule has 2 aromatic carbocycles. The fourth-order valence-corrected chi connectivity index (χ4v) is 5.19. The van der Waals surface area contributed by atoms with E-state index < -0.39 is 17.4 Å². The second-order valence-electron chi connectivity index (χ2n) is 7.00. The molecule has 0 heterocycles. The average Bonchev–Trinajstić information content (AvgIpc) is 2.64. The van der Waals surface area contributed by atoms with Crippen LogP contribution in [0.2, 0.25) is 10.0 Å². The number of aliphatic carboxylic acids is 2. The lowest BCUT2D eigenvalue weighted by Crippen LogP contribution is -2.35. The number of hydrogen-bond donors (Lipinski definition) is 2. The molecule has 4 nitrogen and oxygen atoms in total. The number of thioether (sulfide) groups is 1. The third kappa shape index (κ3) is 4.86. The summed E-state index contributed by atoms with van der Waals surface area (Å²) in [6.45, 7) is 1.58. The number of carbonyl (C=O) groups is 2. The Morgan fingerprint density at radius 2 is 1.69 bits per heavy atom. The molecule has 0 spiro atoms. The lowest BCUT2D eigenvalue weighted by molar-refractivity contribution is -0.146. The minimum Gasteiger partial charge on any atom is -0.481 e. The van der Waals surface area contributed by atoms with Crippen molar-refractivity contribution in [2.24, 2.45) is 5.41 Å². The van der Waals surface area contributed by atoms with Crippen molar-refractivity contribution in [1.82, 2.24) is 0 Å². The zero-order chi connectivity index (χ0) is 21.2. The molecular formula is C22H18Cl2O4S. The van der Waals surface area contributed by atoms with Crippen LogP contribution in [0.25, 0.3) is 0 Å². The molecule has 1 aliphatic carbocycles. The quantitative estimate of drug-likeness (QED) is 0.559. The van der Waals surface area contributed by atoms with E-state index in [2.05, 4.69) is 0 Å². The van der Waals surface area contributed by atoms with E-state index in [1.54, 1.807) is 31.2 Å². The summed E-state index contributed by atoms with van der Waals surface area (Å²) in [5.74, 6) is -2.18. The van der Waals surface area contributed by atoms with Gasteiger partial charge in [0.25, 0.3) is 0 Å². The van der Waals surface area contributed by atoms with E-state index in [1.807, 2.05) is 30.3 Å². The van der Waals surface area contributed by atoms with Crippen molar-refractivity contribution in [3.05, 3.63) is 86.3 Å². The molecule has 29 heavy (non-hydrogen) atoms. The van der Waals surface area contributed by atoms with Crippen LogP contribution in [-0.2, 0) is 16.0 Å². The minimum absolute atomic E-state index is 0.0577. The van der Waals surface area contributed by atoms with Gasteiger partial charge in [-0.05, 0) is 55.2 Å². The van der Waals surface area contributed by atoms with Gasteiger partial charge < -0.3 is 10.2 Å². The SMILES string of the molecule is CC1(C(=O)O)CC(C(=O)O)=CC(Sc2cc(Cl)cc(Cl)c2)=C1Cc1ccccc1. The molecular weight excluding hydrogens is 431 g/mol. The predicted molar refractivity (Wildman–Crippen MR) is 116 cm³/mol. The van der Waals surface area contributed by atoms with Gasteiger partial charge in [-0.1, -0.05) is 65.3 Å². The molecule has 0 saturated carbocycles. The van der Waals surface area contributed by atoms with Crippen molar-refractivity contribution in [1.29, 1.82) is 0 Å². The first-order valence-corrected chi connectivity index (χ1v) is 10.3.